The summed E-state index contributed by atoms with van der Waals surface area (Å²) in [6.45, 7) is 9.03. The van der Waals surface area contributed by atoms with Crippen LogP contribution >= 0.6 is 0 Å². The fraction of sp³-hybridized carbons (Fsp3) is 1.00. The smallest absolute Gasteiger partial charge is 0.0701 e. The molecule has 0 aromatic carbocycles. The van der Waals surface area contributed by atoms with Gasteiger partial charge in [0.2, 0.25) is 0 Å². The molecule has 0 aliphatic rings. The molecule has 98 valence electrons. The van der Waals surface area contributed by atoms with Crippen LogP contribution in [-0.4, -0.2) is 53.4 Å². The van der Waals surface area contributed by atoms with Gasteiger partial charge >= 0.3 is 0 Å². The van der Waals surface area contributed by atoms with E-state index in [9.17, 15) is 0 Å². The summed E-state index contributed by atoms with van der Waals surface area (Å²) in [6.07, 6.45) is 1.11. The highest BCUT2D eigenvalue weighted by Crippen LogP contribution is 1.98. The summed E-state index contributed by atoms with van der Waals surface area (Å²) >= 11 is 0. The lowest BCUT2D eigenvalue weighted by Crippen LogP contribution is -2.11. The maximum atomic E-state index is 5.40. The van der Waals surface area contributed by atoms with Crippen molar-refractivity contribution >= 4 is 0 Å². The van der Waals surface area contributed by atoms with Crippen LogP contribution < -0.4 is 0 Å². The van der Waals surface area contributed by atoms with E-state index in [0.29, 0.717) is 45.6 Å². The Morgan fingerprint density at radius 2 is 1.12 bits per heavy atom. The van der Waals surface area contributed by atoms with Crippen molar-refractivity contribution in [2.45, 2.75) is 20.3 Å². The van der Waals surface area contributed by atoms with Gasteiger partial charge < -0.3 is 18.9 Å². The van der Waals surface area contributed by atoms with Crippen molar-refractivity contribution in [1.82, 2.24) is 0 Å². The third-order valence-corrected chi connectivity index (χ3v) is 2.02. The quantitative estimate of drug-likeness (QED) is 0.482. The van der Waals surface area contributed by atoms with E-state index in [-0.39, 0.29) is 0 Å². The van der Waals surface area contributed by atoms with E-state index >= 15 is 0 Å². The molecule has 0 radical (unpaired) electrons. The normalized spacial score (nSPS) is 11.2. The zero-order chi connectivity index (χ0) is 12.1. The van der Waals surface area contributed by atoms with Crippen molar-refractivity contribution in [2.75, 3.05) is 53.4 Å². The maximum absolute atomic E-state index is 5.40. The molecule has 0 heterocycles. The number of hydrogen-bond donors (Lipinski definition) is 0. The van der Waals surface area contributed by atoms with E-state index in [4.69, 9.17) is 18.9 Å². The average Bonchev–Trinajstić information content (AvgIpc) is 2.25. The first-order valence-corrected chi connectivity index (χ1v) is 5.99. The molecule has 0 spiro atoms. The molecule has 0 saturated heterocycles. The number of methoxy groups -OCH3 is 1. The van der Waals surface area contributed by atoms with Crippen LogP contribution in [0.3, 0.4) is 0 Å². The Morgan fingerprint density at radius 1 is 0.688 bits per heavy atom. The molecular weight excluding hydrogens is 208 g/mol. The summed E-state index contributed by atoms with van der Waals surface area (Å²) in [6, 6.07) is 0. The molecule has 4 nitrogen and oxygen atoms in total. The molecule has 0 aliphatic carbocycles. The first-order chi connectivity index (χ1) is 7.77. The molecule has 0 saturated carbocycles. The van der Waals surface area contributed by atoms with Gasteiger partial charge in [-0.25, -0.2) is 0 Å². The highest BCUT2D eigenvalue weighted by molar-refractivity contribution is 4.42. The molecule has 0 N–H and O–H groups in total. The average molecular weight is 234 g/mol. The molecule has 0 amide bonds. The van der Waals surface area contributed by atoms with Crippen LogP contribution in [0.25, 0.3) is 0 Å². The Kier molecular flexibility index (Phi) is 12.8. The second-order valence-corrected chi connectivity index (χ2v) is 4.01. The molecule has 0 aliphatic heterocycles. The van der Waals surface area contributed by atoms with Gasteiger partial charge in [-0.2, -0.15) is 0 Å². The number of rotatable bonds is 12. The van der Waals surface area contributed by atoms with Gasteiger partial charge in [-0.1, -0.05) is 13.8 Å². The van der Waals surface area contributed by atoms with Gasteiger partial charge in [0, 0.05) is 13.7 Å². The molecule has 16 heavy (non-hydrogen) atoms. The minimum absolute atomic E-state index is 0.620. The molecule has 0 unspecified atom stereocenters. The van der Waals surface area contributed by atoms with Gasteiger partial charge in [-0.3, -0.25) is 0 Å². The van der Waals surface area contributed by atoms with Gasteiger partial charge in [0.1, 0.15) is 0 Å². The van der Waals surface area contributed by atoms with E-state index in [1.54, 1.807) is 7.11 Å². The minimum atomic E-state index is 0.620. The van der Waals surface area contributed by atoms with Crippen LogP contribution in [-0.2, 0) is 18.9 Å². The topological polar surface area (TPSA) is 36.9 Å². The molecular formula is C12H26O4. The molecule has 4 heteroatoms. The SMILES string of the molecule is COCCOCCOCCOCCC(C)C. The first-order valence-electron chi connectivity index (χ1n) is 5.99. The number of ether oxygens (including phenoxy) is 4. The summed E-state index contributed by atoms with van der Waals surface area (Å²) in [7, 11) is 1.66. The summed E-state index contributed by atoms with van der Waals surface area (Å²) < 4.78 is 20.8. The van der Waals surface area contributed by atoms with Gasteiger partial charge in [-0.15, -0.1) is 0 Å². The van der Waals surface area contributed by atoms with E-state index in [1.165, 1.54) is 0 Å². The van der Waals surface area contributed by atoms with Crippen LogP contribution in [0.15, 0.2) is 0 Å². The lowest BCUT2D eigenvalue weighted by molar-refractivity contribution is 0.00251. The largest absolute Gasteiger partial charge is 0.382 e. The predicted octanol–water partition coefficient (Wildman–Crippen LogP) is 1.73. The highest BCUT2D eigenvalue weighted by Gasteiger charge is 1.94. The van der Waals surface area contributed by atoms with Gasteiger partial charge in [-0.05, 0) is 12.3 Å². The van der Waals surface area contributed by atoms with Crippen molar-refractivity contribution in [1.29, 1.82) is 0 Å². The third kappa shape index (κ3) is 13.8. The van der Waals surface area contributed by atoms with Crippen molar-refractivity contribution in [3.05, 3.63) is 0 Å². The molecule has 0 aromatic heterocycles. The summed E-state index contributed by atoms with van der Waals surface area (Å²) in [5.41, 5.74) is 0. The van der Waals surface area contributed by atoms with Crippen molar-refractivity contribution in [3.8, 4) is 0 Å². The third-order valence-electron chi connectivity index (χ3n) is 2.02. The van der Waals surface area contributed by atoms with Crippen LogP contribution in [0.4, 0.5) is 0 Å². The zero-order valence-corrected chi connectivity index (χ0v) is 10.9. The zero-order valence-electron chi connectivity index (χ0n) is 10.9. The van der Waals surface area contributed by atoms with Crippen molar-refractivity contribution < 1.29 is 18.9 Å². The summed E-state index contributed by atoms with van der Waals surface area (Å²) in [5, 5.41) is 0. The number of hydrogen-bond acceptors (Lipinski definition) is 4. The monoisotopic (exact) mass is 234 g/mol. The Morgan fingerprint density at radius 3 is 1.56 bits per heavy atom. The lowest BCUT2D eigenvalue weighted by atomic mass is 10.1. The van der Waals surface area contributed by atoms with Gasteiger partial charge in [0.25, 0.3) is 0 Å². The second kappa shape index (κ2) is 12.9. The van der Waals surface area contributed by atoms with Crippen LogP contribution in [0.2, 0.25) is 0 Å². The Balaban J connectivity index is 2.88. The molecule has 0 fully saturated rings. The summed E-state index contributed by atoms with van der Waals surface area (Å²) in [4.78, 5) is 0. The molecule has 0 bridgehead atoms. The van der Waals surface area contributed by atoms with E-state index in [1.807, 2.05) is 0 Å². The van der Waals surface area contributed by atoms with Crippen molar-refractivity contribution in [3.63, 3.8) is 0 Å². The van der Waals surface area contributed by atoms with E-state index in [0.717, 1.165) is 13.0 Å². The Hall–Kier alpha value is -0.160. The van der Waals surface area contributed by atoms with Crippen LogP contribution in [0.1, 0.15) is 20.3 Å². The Labute approximate surface area is 99.2 Å². The van der Waals surface area contributed by atoms with E-state index in [2.05, 4.69) is 13.8 Å². The van der Waals surface area contributed by atoms with Crippen molar-refractivity contribution in [2.24, 2.45) is 5.92 Å². The van der Waals surface area contributed by atoms with Gasteiger partial charge in [0.05, 0.1) is 39.6 Å². The predicted molar refractivity (Wildman–Crippen MR) is 63.8 cm³/mol. The molecule has 0 atom stereocenters. The van der Waals surface area contributed by atoms with Crippen LogP contribution in [0, 0.1) is 5.92 Å². The lowest BCUT2D eigenvalue weighted by Gasteiger charge is -2.07. The summed E-state index contributed by atoms with van der Waals surface area (Å²) in [5.74, 6) is 0.704. The van der Waals surface area contributed by atoms with E-state index < -0.39 is 0 Å². The first kappa shape index (κ1) is 15.8. The maximum Gasteiger partial charge on any atom is 0.0701 e. The second-order valence-electron chi connectivity index (χ2n) is 4.01. The Bertz CT molecular complexity index is 128. The molecule has 0 rings (SSSR count). The van der Waals surface area contributed by atoms with Gasteiger partial charge in [0.15, 0.2) is 0 Å². The minimum Gasteiger partial charge on any atom is -0.382 e. The van der Waals surface area contributed by atoms with Crippen LogP contribution in [0.5, 0.6) is 0 Å². The fourth-order valence-electron chi connectivity index (χ4n) is 1.00. The standard InChI is InChI=1S/C12H26O4/c1-12(2)4-5-14-8-9-16-11-10-15-7-6-13-3/h12H,4-11H2,1-3H3. The fourth-order valence-corrected chi connectivity index (χ4v) is 1.00. The molecule has 0 aromatic rings. The highest BCUT2D eigenvalue weighted by atomic mass is 16.6.